The Morgan fingerprint density at radius 3 is 3.00 bits per heavy atom. The third kappa shape index (κ3) is 5.84. The number of amides is 1. The van der Waals surface area contributed by atoms with Crippen LogP contribution in [0.3, 0.4) is 0 Å². The summed E-state index contributed by atoms with van der Waals surface area (Å²) in [4.78, 5) is 17.3. The van der Waals surface area contributed by atoms with Gasteiger partial charge in [-0.1, -0.05) is 40.1 Å². The highest BCUT2D eigenvalue weighted by Crippen LogP contribution is 2.39. The van der Waals surface area contributed by atoms with Crippen molar-refractivity contribution in [3.05, 3.63) is 30.1 Å². The minimum Gasteiger partial charge on any atom is -0.346 e. The first-order valence-electron chi connectivity index (χ1n) is 9.67. The number of carbonyl (C=O) groups is 1. The Morgan fingerprint density at radius 1 is 1.41 bits per heavy atom. The predicted molar refractivity (Wildman–Crippen MR) is 122 cm³/mol. The molecule has 0 bridgehead atoms. The Hall–Kier alpha value is -0.790. The van der Waals surface area contributed by atoms with Crippen LogP contribution in [0.25, 0.3) is 11.0 Å². The molecule has 1 aliphatic heterocycles. The van der Waals surface area contributed by atoms with E-state index < -0.39 is 0 Å². The minimum absolute atomic E-state index is 0.0239. The van der Waals surface area contributed by atoms with Crippen LogP contribution >= 0.6 is 33.3 Å². The lowest BCUT2D eigenvalue weighted by atomic mass is 10.1. The summed E-state index contributed by atoms with van der Waals surface area (Å²) in [6.07, 6.45) is 8.31. The maximum absolute atomic E-state index is 12.5. The van der Waals surface area contributed by atoms with Crippen LogP contribution in [-0.4, -0.2) is 38.5 Å². The van der Waals surface area contributed by atoms with E-state index in [-0.39, 0.29) is 11.9 Å². The minimum atomic E-state index is -0.0239. The molecule has 4 nitrogen and oxygen atoms in total. The third-order valence-corrected chi connectivity index (χ3v) is 8.64. The van der Waals surface area contributed by atoms with Gasteiger partial charge < -0.3 is 9.88 Å². The molecule has 2 atom stereocenters. The summed E-state index contributed by atoms with van der Waals surface area (Å²) in [6.45, 7) is 0. The SMILES string of the molecule is CSCC[C@H](NC(=O)CCCCC1CCSS1)c1nc2ccccc2n1C. The third-order valence-electron chi connectivity index (χ3n) is 4.99. The number of thioether (sulfide) groups is 1. The number of para-hydroxylation sites is 2. The van der Waals surface area contributed by atoms with E-state index in [1.807, 2.05) is 58.6 Å². The van der Waals surface area contributed by atoms with Crippen LogP contribution in [0.1, 0.15) is 50.4 Å². The van der Waals surface area contributed by atoms with Crippen molar-refractivity contribution in [3.8, 4) is 0 Å². The normalized spacial score (nSPS) is 18.1. The highest BCUT2D eigenvalue weighted by molar-refractivity contribution is 8.77. The number of aryl methyl sites for hydroxylation is 1. The van der Waals surface area contributed by atoms with Gasteiger partial charge in [0.05, 0.1) is 17.1 Å². The van der Waals surface area contributed by atoms with Gasteiger partial charge in [-0.05, 0) is 49.8 Å². The molecular formula is C20H29N3OS3. The number of rotatable bonds is 10. The van der Waals surface area contributed by atoms with Gasteiger partial charge in [0.2, 0.25) is 5.91 Å². The van der Waals surface area contributed by atoms with Gasteiger partial charge in [-0.15, -0.1) is 0 Å². The number of imidazole rings is 1. The molecule has 1 aromatic heterocycles. The highest BCUT2D eigenvalue weighted by Gasteiger charge is 2.21. The number of nitrogens with zero attached hydrogens (tertiary/aromatic N) is 2. The van der Waals surface area contributed by atoms with Crippen LogP contribution in [-0.2, 0) is 11.8 Å². The predicted octanol–water partition coefficient (Wildman–Crippen LogP) is 5.20. The molecule has 0 saturated carbocycles. The van der Waals surface area contributed by atoms with Gasteiger partial charge in [-0.2, -0.15) is 11.8 Å². The Kier molecular flexibility index (Phi) is 8.27. The first-order valence-corrected chi connectivity index (χ1v) is 13.4. The van der Waals surface area contributed by atoms with E-state index in [2.05, 4.69) is 22.2 Å². The summed E-state index contributed by atoms with van der Waals surface area (Å²) >= 11 is 1.81. The number of fused-ring (bicyclic) bond motifs is 1. The highest BCUT2D eigenvalue weighted by atomic mass is 33.1. The molecule has 2 heterocycles. The largest absolute Gasteiger partial charge is 0.346 e. The molecule has 3 rings (SSSR count). The van der Waals surface area contributed by atoms with E-state index in [9.17, 15) is 4.79 Å². The summed E-state index contributed by atoms with van der Waals surface area (Å²) < 4.78 is 2.12. The second kappa shape index (κ2) is 10.7. The van der Waals surface area contributed by atoms with E-state index in [0.29, 0.717) is 6.42 Å². The van der Waals surface area contributed by atoms with Crippen molar-refractivity contribution in [2.24, 2.45) is 7.05 Å². The molecule has 7 heteroatoms. The standard InChI is InChI=1S/C20H29N3OS3/c1-23-18-9-5-4-8-16(18)22-20(23)17(12-13-25-2)21-19(24)10-6-3-7-15-11-14-26-27-15/h4-5,8-9,15,17H,3,6-7,10-14H2,1-2H3,(H,21,24)/t15?,17-/m0/s1. The van der Waals surface area contributed by atoms with Gasteiger partial charge in [-0.25, -0.2) is 4.98 Å². The Morgan fingerprint density at radius 2 is 2.26 bits per heavy atom. The topological polar surface area (TPSA) is 46.9 Å². The number of hydrogen-bond acceptors (Lipinski definition) is 5. The zero-order valence-corrected chi connectivity index (χ0v) is 18.6. The van der Waals surface area contributed by atoms with E-state index in [1.165, 1.54) is 18.6 Å². The number of aromatic nitrogens is 2. The summed E-state index contributed by atoms with van der Waals surface area (Å²) in [7, 11) is 6.06. The monoisotopic (exact) mass is 423 g/mol. The first kappa shape index (κ1) is 20.9. The van der Waals surface area contributed by atoms with Gasteiger partial charge in [0, 0.05) is 24.5 Å². The number of nitrogens with one attached hydrogen (secondary N) is 1. The van der Waals surface area contributed by atoms with Crippen LogP contribution in [0.4, 0.5) is 0 Å². The van der Waals surface area contributed by atoms with Crippen LogP contribution < -0.4 is 5.32 Å². The number of hydrogen-bond donors (Lipinski definition) is 1. The van der Waals surface area contributed by atoms with E-state index in [1.54, 1.807) is 0 Å². The zero-order valence-electron chi connectivity index (χ0n) is 16.1. The van der Waals surface area contributed by atoms with Crippen molar-refractivity contribution >= 4 is 50.3 Å². The zero-order chi connectivity index (χ0) is 19.1. The molecule has 0 radical (unpaired) electrons. The second-order valence-corrected chi connectivity index (χ2v) is 10.8. The van der Waals surface area contributed by atoms with Gasteiger partial charge in [-0.3, -0.25) is 4.79 Å². The average molecular weight is 424 g/mol. The summed E-state index contributed by atoms with van der Waals surface area (Å²) in [5, 5.41) is 4.05. The first-order chi connectivity index (χ1) is 13.2. The fourth-order valence-corrected chi connectivity index (χ4v) is 6.96. The molecule has 0 aliphatic carbocycles. The summed E-state index contributed by atoms with van der Waals surface area (Å²) in [5.74, 6) is 3.40. The van der Waals surface area contributed by atoms with Crippen LogP contribution in [0.15, 0.2) is 24.3 Å². The smallest absolute Gasteiger partial charge is 0.220 e. The van der Waals surface area contributed by atoms with E-state index >= 15 is 0 Å². The van der Waals surface area contributed by atoms with Crippen molar-refractivity contribution in [2.75, 3.05) is 17.8 Å². The lowest BCUT2D eigenvalue weighted by molar-refractivity contribution is -0.122. The van der Waals surface area contributed by atoms with Crippen molar-refractivity contribution < 1.29 is 4.79 Å². The van der Waals surface area contributed by atoms with Crippen molar-refractivity contribution in [1.82, 2.24) is 14.9 Å². The maximum atomic E-state index is 12.5. The van der Waals surface area contributed by atoms with Gasteiger partial charge >= 0.3 is 0 Å². The molecule has 1 unspecified atom stereocenters. The lowest BCUT2D eigenvalue weighted by Gasteiger charge is -2.18. The molecule has 1 saturated heterocycles. The van der Waals surface area contributed by atoms with Crippen molar-refractivity contribution in [3.63, 3.8) is 0 Å². The Balaban J connectivity index is 1.56. The number of unbranched alkanes of at least 4 members (excludes halogenated alkanes) is 1. The summed E-state index contributed by atoms with van der Waals surface area (Å²) in [6, 6.07) is 8.13. The molecule has 2 aromatic rings. The molecule has 0 spiro atoms. The van der Waals surface area contributed by atoms with Crippen LogP contribution in [0.5, 0.6) is 0 Å². The number of carbonyl (C=O) groups excluding carboxylic acids is 1. The summed E-state index contributed by atoms with van der Waals surface area (Å²) in [5.41, 5.74) is 2.10. The van der Waals surface area contributed by atoms with Gasteiger partial charge in [0.1, 0.15) is 5.82 Å². The van der Waals surface area contributed by atoms with Crippen molar-refractivity contribution in [1.29, 1.82) is 0 Å². The lowest BCUT2D eigenvalue weighted by Crippen LogP contribution is -2.30. The quantitative estimate of drug-likeness (QED) is 0.420. The van der Waals surface area contributed by atoms with E-state index in [4.69, 9.17) is 4.98 Å². The molecular weight excluding hydrogens is 394 g/mol. The maximum Gasteiger partial charge on any atom is 0.220 e. The molecule has 1 aliphatic rings. The van der Waals surface area contributed by atoms with Crippen molar-refractivity contribution in [2.45, 2.75) is 49.8 Å². The van der Waals surface area contributed by atoms with Crippen LogP contribution in [0, 0.1) is 0 Å². The molecule has 1 amide bonds. The van der Waals surface area contributed by atoms with Crippen LogP contribution in [0.2, 0.25) is 0 Å². The fourth-order valence-electron chi connectivity index (χ4n) is 3.47. The van der Waals surface area contributed by atoms with Gasteiger partial charge in [0.25, 0.3) is 0 Å². The second-order valence-electron chi connectivity index (χ2n) is 6.99. The molecule has 1 N–H and O–H groups in total. The Bertz CT molecular complexity index is 743. The molecule has 1 aromatic carbocycles. The molecule has 1 fully saturated rings. The Labute approximate surface area is 174 Å². The fraction of sp³-hybridized carbons (Fsp3) is 0.600. The number of benzene rings is 1. The molecule has 27 heavy (non-hydrogen) atoms. The van der Waals surface area contributed by atoms with E-state index in [0.717, 1.165) is 47.1 Å². The molecule has 148 valence electrons. The van der Waals surface area contributed by atoms with Gasteiger partial charge in [0.15, 0.2) is 0 Å². The average Bonchev–Trinajstić information content (AvgIpc) is 3.31.